The lowest BCUT2D eigenvalue weighted by Gasteiger charge is -2.26. The van der Waals surface area contributed by atoms with Crippen LogP contribution in [0.25, 0.3) is 0 Å². The first-order chi connectivity index (χ1) is 7.65. The van der Waals surface area contributed by atoms with E-state index in [-0.39, 0.29) is 0 Å². The molecule has 3 atom stereocenters. The second-order valence-electron chi connectivity index (χ2n) is 4.63. The lowest BCUT2D eigenvalue weighted by atomic mass is 9.85. The zero-order chi connectivity index (χ0) is 12.0. The molecule has 1 aliphatic carbocycles. The van der Waals surface area contributed by atoms with E-state index in [1.54, 1.807) is 0 Å². The number of carbonyl (C=O) groups is 1. The number of ether oxygens (including phenoxy) is 1. The third-order valence-corrected chi connectivity index (χ3v) is 3.26. The van der Waals surface area contributed by atoms with Crippen molar-refractivity contribution in [3.63, 3.8) is 0 Å². The summed E-state index contributed by atoms with van der Waals surface area (Å²) in [5.41, 5.74) is 0. The van der Waals surface area contributed by atoms with Gasteiger partial charge in [0.1, 0.15) is 0 Å². The first-order valence-electron chi connectivity index (χ1n) is 6.14. The highest BCUT2D eigenvalue weighted by molar-refractivity contribution is 5.72. The Balaban J connectivity index is 2.36. The predicted octanol–water partition coefficient (Wildman–Crippen LogP) is 2.86. The molecule has 92 valence electrons. The van der Waals surface area contributed by atoms with Crippen molar-refractivity contribution in [3.05, 3.63) is 12.2 Å². The van der Waals surface area contributed by atoms with E-state index in [2.05, 4.69) is 19.1 Å². The van der Waals surface area contributed by atoms with Gasteiger partial charge in [0, 0.05) is 0 Å². The quantitative estimate of drug-likeness (QED) is 0.708. The van der Waals surface area contributed by atoms with Crippen molar-refractivity contribution in [3.8, 4) is 0 Å². The minimum absolute atomic E-state index is 0.476. The molecule has 3 unspecified atom stereocenters. The fourth-order valence-corrected chi connectivity index (χ4v) is 2.02. The second kappa shape index (κ2) is 6.69. The van der Waals surface area contributed by atoms with Crippen molar-refractivity contribution in [2.45, 2.75) is 45.6 Å². The van der Waals surface area contributed by atoms with Gasteiger partial charge in [0.2, 0.25) is 0 Å². The molecule has 0 aromatic carbocycles. The van der Waals surface area contributed by atoms with Gasteiger partial charge in [-0.05, 0) is 31.1 Å². The fraction of sp³-hybridized carbons (Fsp3) is 0.769. The highest BCUT2D eigenvalue weighted by Gasteiger charge is 2.22. The number of aliphatic carboxylic acids is 1. The standard InChI is InChI=1S/C13H22O3/c1-3-6-12(13(14)15)16-9-11-8-5-4-7-10(11)2/h4-5,10-12H,3,6-9H2,1-2H3,(H,14,15). The minimum Gasteiger partial charge on any atom is -0.479 e. The molecule has 0 radical (unpaired) electrons. The molecule has 0 saturated carbocycles. The second-order valence-corrected chi connectivity index (χ2v) is 4.63. The highest BCUT2D eigenvalue weighted by Crippen LogP contribution is 2.25. The monoisotopic (exact) mass is 226 g/mol. The maximum absolute atomic E-state index is 10.9. The van der Waals surface area contributed by atoms with Gasteiger partial charge in [-0.1, -0.05) is 32.4 Å². The Bertz CT molecular complexity index is 248. The first-order valence-corrected chi connectivity index (χ1v) is 6.14. The molecular weight excluding hydrogens is 204 g/mol. The molecule has 0 saturated heterocycles. The number of hydrogen-bond donors (Lipinski definition) is 1. The third-order valence-electron chi connectivity index (χ3n) is 3.26. The molecule has 1 N–H and O–H groups in total. The Labute approximate surface area is 97.5 Å². The van der Waals surface area contributed by atoms with Gasteiger partial charge in [0.05, 0.1) is 6.61 Å². The largest absolute Gasteiger partial charge is 0.479 e. The molecule has 1 rings (SSSR count). The molecule has 0 amide bonds. The maximum Gasteiger partial charge on any atom is 0.332 e. The van der Waals surface area contributed by atoms with E-state index < -0.39 is 12.1 Å². The van der Waals surface area contributed by atoms with Crippen LogP contribution in [0.5, 0.6) is 0 Å². The van der Waals surface area contributed by atoms with Gasteiger partial charge >= 0.3 is 5.97 Å². The summed E-state index contributed by atoms with van der Waals surface area (Å²) in [7, 11) is 0. The Morgan fingerprint density at radius 2 is 2.19 bits per heavy atom. The van der Waals surface area contributed by atoms with Crippen LogP contribution in [0.1, 0.15) is 39.5 Å². The van der Waals surface area contributed by atoms with Crippen LogP contribution >= 0.6 is 0 Å². The van der Waals surface area contributed by atoms with Crippen LogP contribution in [-0.2, 0) is 9.53 Å². The first kappa shape index (κ1) is 13.2. The van der Waals surface area contributed by atoms with Gasteiger partial charge in [-0.15, -0.1) is 0 Å². The molecule has 0 aromatic heterocycles. The summed E-state index contributed by atoms with van der Waals surface area (Å²) in [5, 5.41) is 8.96. The predicted molar refractivity (Wildman–Crippen MR) is 63.3 cm³/mol. The number of rotatable bonds is 6. The van der Waals surface area contributed by atoms with Gasteiger partial charge in [0.25, 0.3) is 0 Å². The minimum atomic E-state index is -0.833. The Kier molecular flexibility index (Phi) is 5.53. The molecule has 1 aliphatic rings. The van der Waals surface area contributed by atoms with Crippen molar-refractivity contribution in [2.24, 2.45) is 11.8 Å². The number of hydrogen-bond acceptors (Lipinski definition) is 2. The van der Waals surface area contributed by atoms with Crippen LogP contribution in [0.4, 0.5) is 0 Å². The van der Waals surface area contributed by atoms with Gasteiger partial charge in [-0.3, -0.25) is 0 Å². The summed E-state index contributed by atoms with van der Waals surface area (Å²) in [4.78, 5) is 10.9. The number of allylic oxidation sites excluding steroid dienone is 2. The Morgan fingerprint density at radius 3 is 2.75 bits per heavy atom. The molecule has 0 bridgehead atoms. The van der Waals surface area contributed by atoms with Crippen molar-refractivity contribution in [1.29, 1.82) is 0 Å². The lowest BCUT2D eigenvalue weighted by Crippen LogP contribution is -2.28. The molecule has 0 spiro atoms. The van der Waals surface area contributed by atoms with Crippen LogP contribution < -0.4 is 0 Å². The molecule has 3 nitrogen and oxygen atoms in total. The summed E-state index contributed by atoms with van der Waals surface area (Å²) in [6, 6.07) is 0. The molecular formula is C13H22O3. The maximum atomic E-state index is 10.9. The van der Waals surface area contributed by atoms with Crippen molar-refractivity contribution in [2.75, 3.05) is 6.61 Å². The SMILES string of the molecule is CCCC(OCC1CC=CCC1C)C(=O)O. The average molecular weight is 226 g/mol. The van der Waals surface area contributed by atoms with Crippen LogP contribution in [0.2, 0.25) is 0 Å². The van der Waals surface area contributed by atoms with Crippen LogP contribution in [0, 0.1) is 11.8 Å². The van der Waals surface area contributed by atoms with E-state index in [1.165, 1.54) is 0 Å². The molecule has 0 heterocycles. The van der Waals surface area contributed by atoms with Crippen molar-refractivity contribution >= 4 is 5.97 Å². The average Bonchev–Trinajstić information content (AvgIpc) is 2.26. The highest BCUT2D eigenvalue weighted by atomic mass is 16.5. The summed E-state index contributed by atoms with van der Waals surface area (Å²) in [6.45, 7) is 4.75. The smallest absolute Gasteiger partial charge is 0.332 e. The van der Waals surface area contributed by atoms with Crippen molar-refractivity contribution < 1.29 is 14.6 Å². The zero-order valence-corrected chi connectivity index (χ0v) is 10.2. The molecule has 16 heavy (non-hydrogen) atoms. The zero-order valence-electron chi connectivity index (χ0n) is 10.2. The van der Waals surface area contributed by atoms with E-state index in [0.29, 0.717) is 24.9 Å². The molecule has 0 fully saturated rings. The van der Waals surface area contributed by atoms with Crippen molar-refractivity contribution in [1.82, 2.24) is 0 Å². The van der Waals surface area contributed by atoms with Gasteiger partial charge in [-0.25, -0.2) is 4.79 Å². The van der Waals surface area contributed by atoms with E-state index in [4.69, 9.17) is 9.84 Å². The van der Waals surface area contributed by atoms with Crippen LogP contribution in [0.15, 0.2) is 12.2 Å². The van der Waals surface area contributed by atoms with E-state index >= 15 is 0 Å². The third kappa shape index (κ3) is 3.97. The number of carboxylic acid groups (broad SMARTS) is 1. The van der Waals surface area contributed by atoms with Gasteiger partial charge < -0.3 is 9.84 Å². The summed E-state index contributed by atoms with van der Waals surface area (Å²) >= 11 is 0. The molecule has 0 aliphatic heterocycles. The van der Waals surface area contributed by atoms with E-state index in [0.717, 1.165) is 19.3 Å². The Morgan fingerprint density at radius 1 is 1.50 bits per heavy atom. The molecule has 0 aromatic rings. The van der Waals surface area contributed by atoms with Gasteiger partial charge in [0.15, 0.2) is 6.10 Å². The topological polar surface area (TPSA) is 46.5 Å². The van der Waals surface area contributed by atoms with E-state index in [1.807, 2.05) is 6.92 Å². The van der Waals surface area contributed by atoms with Gasteiger partial charge in [-0.2, -0.15) is 0 Å². The van der Waals surface area contributed by atoms with Crippen LogP contribution in [0.3, 0.4) is 0 Å². The molecule has 3 heteroatoms. The lowest BCUT2D eigenvalue weighted by molar-refractivity contribution is -0.152. The summed E-state index contributed by atoms with van der Waals surface area (Å²) in [5.74, 6) is 0.241. The van der Waals surface area contributed by atoms with E-state index in [9.17, 15) is 4.79 Å². The Hall–Kier alpha value is -0.830. The summed E-state index contributed by atoms with van der Waals surface area (Å²) < 4.78 is 5.52. The normalized spacial score (nSPS) is 26.6. The fourth-order valence-electron chi connectivity index (χ4n) is 2.02. The summed E-state index contributed by atoms with van der Waals surface area (Å²) in [6.07, 6.45) is 7.29. The number of carboxylic acids is 1. The van der Waals surface area contributed by atoms with Crippen LogP contribution in [-0.4, -0.2) is 23.8 Å².